The van der Waals surface area contributed by atoms with Gasteiger partial charge in [0.15, 0.2) is 0 Å². The van der Waals surface area contributed by atoms with Crippen LogP contribution in [-0.4, -0.2) is 35.8 Å². The van der Waals surface area contributed by atoms with Crippen molar-refractivity contribution in [1.29, 1.82) is 0 Å². The third kappa shape index (κ3) is 7.42. The number of amides is 2. The highest BCUT2D eigenvalue weighted by Gasteiger charge is 2.30. The van der Waals surface area contributed by atoms with E-state index in [2.05, 4.69) is 15.5 Å². The molecule has 35 heavy (non-hydrogen) atoms. The Morgan fingerprint density at radius 2 is 1.54 bits per heavy atom. The molecular weight excluding hydrogens is 438 g/mol. The van der Waals surface area contributed by atoms with E-state index < -0.39 is 0 Å². The SMILES string of the molecule is Cc1cccc(C)c1NC(=O)CN(CCC(=O)Nc1ccc(OCc2ccccc2)cc1)C1CC1. The summed E-state index contributed by atoms with van der Waals surface area (Å²) in [5.74, 6) is 0.645. The fourth-order valence-electron chi connectivity index (χ4n) is 4.05. The van der Waals surface area contributed by atoms with Crippen LogP contribution < -0.4 is 15.4 Å². The van der Waals surface area contributed by atoms with Gasteiger partial charge in [0.2, 0.25) is 11.8 Å². The van der Waals surface area contributed by atoms with E-state index in [4.69, 9.17) is 4.74 Å². The molecule has 0 unspecified atom stereocenters. The van der Waals surface area contributed by atoms with Crippen LogP contribution in [0.3, 0.4) is 0 Å². The van der Waals surface area contributed by atoms with E-state index in [1.54, 1.807) is 0 Å². The number of anilines is 2. The quantitative estimate of drug-likeness (QED) is 0.397. The van der Waals surface area contributed by atoms with Gasteiger partial charge in [-0.1, -0.05) is 48.5 Å². The van der Waals surface area contributed by atoms with E-state index in [0.29, 0.717) is 32.2 Å². The lowest BCUT2D eigenvalue weighted by atomic mass is 10.1. The van der Waals surface area contributed by atoms with Crippen molar-refractivity contribution in [2.45, 2.75) is 45.8 Å². The van der Waals surface area contributed by atoms with Crippen LogP contribution in [0.15, 0.2) is 72.8 Å². The first kappa shape index (κ1) is 24.5. The van der Waals surface area contributed by atoms with E-state index in [-0.39, 0.29) is 11.8 Å². The van der Waals surface area contributed by atoms with Crippen LogP contribution in [-0.2, 0) is 16.2 Å². The van der Waals surface area contributed by atoms with Crippen LogP contribution in [0.2, 0.25) is 0 Å². The lowest BCUT2D eigenvalue weighted by Gasteiger charge is -2.22. The molecule has 6 heteroatoms. The van der Waals surface area contributed by atoms with Crippen LogP contribution in [0.25, 0.3) is 0 Å². The minimum atomic E-state index is -0.0660. The van der Waals surface area contributed by atoms with Crippen LogP contribution in [0.4, 0.5) is 11.4 Å². The maximum atomic E-state index is 12.7. The van der Waals surface area contributed by atoms with E-state index in [9.17, 15) is 9.59 Å². The van der Waals surface area contributed by atoms with E-state index in [1.807, 2.05) is 86.6 Å². The van der Waals surface area contributed by atoms with Gasteiger partial charge in [0.05, 0.1) is 6.54 Å². The van der Waals surface area contributed by atoms with Gasteiger partial charge in [0.25, 0.3) is 0 Å². The molecule has 0 aliphatic heterocycles. The maximum absolute atomic E-state index is 12.7. The third-order valence-corrected chi connectivity index (χ3v) is 6.17. The normalized spacial score (nSPS) is 12.9. The number of carbonyl (C=O) groups excluding carboxylic acids is 2. The van der Waals surface area contributed by atoms with Crippen LogP contribution >= 0.6 is 0 Å². The van der Waals surface area contributed by atoms with Crippen LogP contribution in [0.1, 0.15) is 36.0 Å². The van der Waals surface area contributed by atoms with E-state index in [1.165, 1.54) is 0 Å². The number of para-hydroxylation sites is 1. The van der Waals surface area contributed by atoms with Crippen molar-refractivity contribution in [3.8, 4) is 5.75 Å². The number of hydrogen-bond donors (Lipinski definition) is 2. The van der Waals surface area contributed by atoms with Crippen molar-refractivity contribution < 1.29 is 14.3 Å². The van der Waals surface area contributed by atoms with Crippen molar-refractivity contribution in [1.82, 2.24) is 4.90 Å². The molecule has 3 aromatic carbocycles. The molecule has 4 rings (SSSR count). The zero-order valence-corrected chi connectivity index (χ0v) is 20.4. The van der Waals surface area contributed by atoms with Gasteiger partial charge in [0, 0.05) is 30.4 Å². The summed E-state index contributed by atoms with van der Waals surface area (Å²) < 4.78 is 5.80. The Labute approximate surface area is 207 Å². The summed E-state index contributed by atoms with van der Waals surface area (Å²) in [6.45, 7) is 5.33. The largest absolute Gasteiger partial charge is 0.489 e. The summed E-state index contributed by atoms with van der Waals surface area (Å²) in [6, 6.07) is 23.7. The zero-order chi connectivity index (χ0) is 24.6. The second-order valence-electron chi connectivity index (χ2n) is 9.11. The minimum Gasteiger partial charge on any atom is -0.489 e. The number of aryl methyl sites for hydroxylation is 2. The average Bonchev–Trinajstić information content (AvgIpc) is 3.70. The standard InChI is InChI=1S/C29H33N3O3/c1-21-7-6-8-22(2)29(21)31-28(34)19-32(25-13-14-25)18-17-27(33)30-24-11-15-26(16-12-24)35-20-23-9-4-3-5-10-23/h3-12,15-16,25H,13-14,17-20H2,1-2H3,(H,30,33)(H,31,34). The first-order chi connectivity index (χ1) is 17.0. The Kier molecular flexibility index (Phi) is 8.16. The molecule has 0 spiro atoms. The van der Waals surface area contributed by atoms with Gasteiger partial charge in [0.1, 0.15) is 12.4 Å². The molecule has 0 saturated heterocycles. The molecule has 2 N–H and O–H groups in total. The molecule has 2 amide bonds. The van der Waals surface area contributed by atoms with Gasteiger partial charge in [-0.2, -0.15) is 0 Å². The Morgan fingerprint density at radius 1 is 0.857 bits per heavy atom. The number of nitrogens with zero attached hydrogens (tertiary/aromatic N) is 1. The summed E-state index contributed by atoms with van der Waals surface area (Å²) in [4.78, 5) is 27.4. The van der Waals surface area contributed by atoms with Crippen molar-refractivity contribution in [2.75, 3.05) is 23.7 Å². The Bertz CT molecular complexity index is 1120. The van der Waals surface area contributed by atoms with Gasteiger partial charge in [-0.05, 0) is 67.6 Å². The Hall–Kier alpha value is -3.64. The third-order valence-electron chi connectivity index (χ3n) is 6.17. The first-order valence-electron chi connectivity index (χ1n) is 12.1. The highest BCUT2D eigenvalue weighted by Crippen LogP contribution is 2.27. The zero-order valence-electron chi connectivity index (χ0n) is 20.4. The smallest absolute Gasteiger partial charge is 0.238 e. The van der Waals surface area contributed by atoms with E-state index >= 15 is 0 Å². The summed E-state index contributed by atoms with van der Waals surface area (Å²) in [6.07, 6.45) is 2.48. The summed E-state index contributed by atoms with van der Waals surface area (Å²) >= 11 is 0. The maximum Gasteiger partial charge on any atom is 0.238 e. The number of benzene rings is 3. The average molecular weight is 472 g/mol. The molecule has 182 valence electrons. The van der Waals surface area contributed by atoms with Crippen molar-refractivity contribution in [2.24, 2.45) is 0 Å². The molecule has 1 saturated carbocycles. The lowest BCUT2D eigenvalue weighted by Crippen LogP contribution is -2.37. The second kappa shape index (κ2) is 11.7. The number of rotatable bonds is 11. The van der Waals surface area contributed by atoms with Crippen molar-refractivity contribution in [3.63, 3.8) is 0 Å². The van der Waals surface area contributed by atoms with Gasteiger partial charge >= 0.3 is 0 Å². The van der Waals surface area contributed by atoms with E-state index in [0.717, 1.165) is 46.7 Å². The van der Waals surface area contributed by atoms with Gasteiger partial charge in [-0.25, -0.2) is 0 Å². The molecule has 0 atom stereocenters. The number of nitrogens with one attached hydrogen (secondary N) is 2. The molecule has 3 aromatic rings. The first-order valence-corrected chi connectivity index (χ1v) is 12.1. The number of ether oxygens (including phenoxy) is 1. The lowest BCUT2D eigenvalue weighted by molar-refractivity contribution is -0.119. The summed E-state index contributed by atoms with van der Waals surface area (Å²) in [5, 5.41) is 6.00. The molecular formula is C29H33N3O3. The molecule has 0 radical (unpaired) electrons. The molecule has 0 aromatic heterocycles. The predicted octanol–water partition coefficient (Wildman–Crippen LogP) is 5.31. The molecule has 1 fully saturated rings. The highest BCUT2D eigenvalue weighted by atomic mass is 16.5. The molecule has 6 nitrogen and oxygen atoms in total. The highest BCUT2D eigenvalue weighted by molar-refractivity contribution is 5.94. The monoisotopic (exact) mass is 471 g/mol. The topological polar surface area (TPSA) is 70.7 Å². The van der Waals surface area contributed by atoms with Gasteiger partial charge < -0.3 is 15.4 Å². The van der Waals surface area contributed by atoms with Gasteiger partial charge in [-0.15, -0.1) is 0 Å². The summed E-state index contributed by atoms with van der Waals surface area (Å²) in [5.41, 5.74) is 4.81. The second-order valence-corrected chi connectivity index (χ2v) is 9.11. The predicted molar refractivity (Wildman–Crippen MR) is 140 cm³/mol. The minimum absolute atomic E-state index is 0.0409. The van der Waals surface area contributed by atoms with Crippen molar-refractivity contribution in [3.05, 3.63) is 89.5 Å². The van der Waals surface area contributed by atoms with Crippen molar-refractivity contribution >= 4 is 23.2 Å². The summed E-state index contributed by atoms with van der Waals surface area (Å²) in [7, 11) is 0. The Morgan fingerprint density at radius 3 is 2.20 bits per heavy atom. The van der Waals surface area contributed by atoms with Gasteiger partial charge in [-0.3, -0.25) is 14.5 Å². The molecule has 1 aliphatic carbocycles. The Balaban J connectivity index is 1.23. The van der Waals surface area contributed by atoms with Crippen LogP contribution in [0, 0.1) is 13.8 Å². The van der Waals surface area contributed by atoms with Crippen LogP contribution in [0.5, 0.6) is 5.75 Å². The fourth-order valence-corrected chi connectivity index (χ4v) is 4.05. The molecule has 1 aliphatic rings. The molecule has 0 heterocycles. The fraction of sp³-hybridized carbons (Fsp3) is 0.310. The molecule has 0 bridgehead atoms. The number of carbonyl (C=O) groups is 2. The number of hydrogen-bond acceptors (Lipinski definition) is 4.